The molecule has 2 unspecified atom stereocenters. The number of nitrogens with one attached hydrogen (secondary N) is 1. The van der Waals surface area contributed by atoms with E-state index in [-0.39, 0.29) is 18.4 Å². The molecule has 2 rings (SSSR count). The molecule has 0 aliphatic rings. The molecule has 0 aliphatic heterocycles. The predicted molar refractivity (Wildman–Crippen MR) is 139 cm³/mol. The van der Waals surface area contributed by atoms with Gasteiger partial charge in [0.25, 0.3) is 0 Å². The smallest absolute Gasteiger partial charge is 0.328 e. The maximum absolute atomic E-state index is 12.5. The van der Waals surface area contributed by atoms with Crippen LogP contribution in [0.5, 0.6) is 0 Å². The van der Waals surface area contributed by atoms with E-state index in [0.717, 1.165) is 22.5 Å². The van der Waals surface area contributed by atoms with E-state index in [2.05, 4.69) is 10.2 Å². The van der Waals surface area contributed by atoms with Crippen LogP contribution >= 0.6 is 23.2 Å². The lowest BCUT2D eigenvalue weighted by molar-refractivity contribution is -0.147. The molecular weight excluding hydrogens is 477 g/mol. The number of aryl methyl sites for hydroxylation is 2. The van der Waals surface area contributed by atoms with Crippen LogP contribution < -0.4 is 16.0 Å². The predicted octanol–water partition coefficient (Wildman–Crippen LogP) is 3.21. The van der Waals surface area contributed by atoms with Crippen LogP contribution in [0.2, 0.25) is 0 Å². The standard InChI is InChI=1S/C24H37Cl2N5O3/c1-5-34-24(33)19(29-23(32)18(27)14-16(2)3)7-9-22-28-20-15-17(6-8-21(20)30(22)4)31(12-10-25)13-11-26/h6,8,15-16,18-19H,5,7,9-14,27H2,1-4H3,(H,29,32). The minimum atomic E-state index is -0.788. The Morgan fingerprint density at radius 2 is 1.91 bits per heavy atom. The highest BCUT2D eigenvalue weighted by Gasteiger charge is 2.26. The number of carbonyl (C=O) groups is 2. The lowest BCUT2D eigenvalue weighted by Crippen LogP contribution is -2.49. The zero-order chi connectivity index (χ0) is 25.3. The molecule has 10 heteroatoms. The molecule has 3 N–H and O–H groups in total. The first-order valence-electron chi connectivity index (χ1n) is 11.8. The Balaban J connectivity index is 2.19. The number of fused-ring (bicyclic) bond motifs is 1. The van der Waals surface area contributed by atoms with E-state index in [1.54, 1.807) is 6.92 Å². The van der Waals surface area contributed by atoms with Gasteiger partial charge in [-0.3, -0.25) is 4.79 Å². The molecule has 0 radical (unpaired) electrons. The summed E-state index contributed by atoms with van der Waals surface area (Å²) >= 11 is 11.9. The molecule has 0 bridgehead atoms. The lowest BCUT2D eigenvalue weighted by atomic mass is 10.0. The van der Waals surface area contributed by atoms with Gasteiger partial charge < -0.3 is 25.3 Å². The molecule has 2 aromatic rings. The number of ether oxygens (including phenoxy) is 1. The van der Waals surface area contributed by atoms with Gasteiger partial charge in [-0.1, -0.05) is 13.8 Å². The van der Waals surface area contributed by atoms with Crippen LogP contribution in [-0.2, 0) is 27.8 Å². The molecule has 0 aliphatic carbocycles. The average Bonchev–Trinajstić information content (AvgIpc) is 3.10. The van der Waals surface area contributed by atoms with Crippen LogP contribution in [0.4, 0.5) is 5.69 Å². The van der Waals surface area contributed by atoms with Gasteiger partial charge in [-0.25, -0.2) is 9.78 Å². The van der Waals surface area contributed by atoms with Gasteiger partial charge in [0, 0.05) is 44.0 Å². The summed E-state index contributed by atoms with van der Waals surface area (Å²) in [4.78, 5) is 32.0. The monoisotopic (exact) mass is 513 g/mol. The number of benzene rings is 1. The first-order chi connectivity index (χ1) is 16.2. The normalized spacial score (nSPS) is 13.2. The van der Waals surface area contributed by atoms with Gasteiger partial charge in [0.2, 0.25) is 5.91 Å². The van der Waals surface area contributed by atoms with Gasteiger partial charge in [0.1, 0.15) is 11.9 Å². The second kappa shape index (κ2) is 13.8. The molecule has 1 amide bonds. The number of esters is 1. The lowest BCUT2D eigenvalue weighted by Gasteiger charge is -2.22. The molecule has 0 saturated heterocycles. The number of halogens is 2. The highest BCUT2D eigenvalue weighted by Crippen LogP contribution is 2.23. The van der Waals surface area contributed by atoms with Crippen molar-refractivity contribution in [3.8, 4) is 0 Å². The van der Waals surface area contributed by atoms with E-state index in [1.807, 2.05) is 43.7 Å². The van der Waals surface area contributed by atoms with E-state index < -0.39 is 18.1 Å². The molecule has 1 aromatic carbocycles. The Kier molecular flexibility index (Phi) is 11.4. The second-order valence-electron chi connectivity index (χ2n) is 8.71. The van der Waals surface area contributed by atoms with Gasteiger partial charge >= 0.3 is 5.97 Å². The van der Waals surface area contributed by atoms with Gasteiger partial charge in [0.15, 0.2) is 0 Å². The number of anilines is 1. The minimum absolute atomic E-state index is 0.236. The van der Waals surface area contributed by atoms with Crippen LogP contribution in [0.1, 0.15) is 39.4 Å². The van der Waals surface area contributed by atoms with Gasteiger partial charge in [-0.15, -0.1) is 23.2 Å². The number of imidazole rings is 1. The Bertz CT molecular complexity index is 944. The highest BCUT2D eigenvalue weighted by molar-refractivity contribution is 6.18. The maximum Gasteiger partial charge on any atom is 0.328 e. The Morgan fingerprint density at radius 3 is 2.50 bits per heavy atom. The van der Waals surface area contributed by atoms with Crippen LogP contribution in [-0.4, -0.2) is 65.0 Å². The summed E-state index contributed by atoms with van der Waals surface area (Å²) in [6, 6.07) is 4.61. The Labute approximate surface area is 212 Å². The van der Waals surface area contributed by atoms with Crippen molar-refractivity contribution in [2.45, 2.75) is 52.1 Å². The number of nitrogens with zero attached hydrogens (tertiary/aromatic N) is 3. The van der Waals surface area contributed by atoms with Crippen molar-refractivity contribution in [2.24, 2.45) is 18.7 Å². The number of amides is 1. The van der Waals surface area contributed by atoms with E-state index in [0.29, 0.717) is 44.1 Å². The quantitative estimate of drug-likeness (QED) is 0.297. The van der Waals surface area contributed by atoms with Gasteiger partial charge in [-0.05, 0) is 43.9 Å². The van der Waals surface area contributed by atoms with Crippen LogP contribution in [0.3, 0.4) is 0 Å². The number of alkyl halides is 2. The van der Waals surface area contributed by atoms with E-state index in [1.165, 1.54) is 0 Å². The SMILES string of the molecule is CCOC(=O)C(CCc1nc2cc(N(CCCl)CCCl)ccc2n1C)NC(=O)C(N)CC(C)C. The van der Waals surface area contributed by atoms with Crippen molar-refractivity contribution in [3.05, 3.63) is 24.0 Å². The average molecular weight is 514 g/mol. The Hall–Kier alpha value is -2.03. The second-order valence-corrected chi connectivity index (χ2v) is 9.47. The number of rotatable bonds is 14. The van der Waals surface area contributed by atoms with Crippen molar-refractivity contribution in [2.75, 3.05) is 36.4 Å². The molecule has 2 atom stereocenters. The summed E-state index contributed by atoms with van der Waals surface area (Å²) < 4.78 is 7.18. The van der Waals surface area contributed by atoms with Crippen LogP contribution in [0.15, 0.2) is 18.2 Å². The number of carbonyl (C=O) groups excluding carboxylic acids is 2. The number of nitrogens with two attached hydrogens (primary N) is 1. The minimum Gasteiger partial charge on any atom is -0.464 e. The summed E-state index contributed by atoms with van der Waals surface area (Å²) in [5.74, 6) is 1.28. The third-order valence-corrected chi connectivity index (χ3v) is 5.98. The molecule has 0 saturated carbocycles. The molecule has 8 nitrogen and oxygen atoms in total. The van der Waals surface area contributed by atoms with Gasteiger partial charge in [-0.2, -0.15) is 0 Å². The summed E-state index contributed by atoms with van der Waals surface area (Å²) in [5.41, 5.74) is 8.84. The van der Waals surface area contributed by atoms with E-state index in [4.69, 9.17) is 38.7 Å². The van der Waals surface area contributed by atoms with Crippen molar-refractivity contribution in [1.82, 2.24) is 14.9 Å². The summed E-state index contributed by atoms with van der Waals surface area (Å²) in [6.45, 7) is 7.36. The molecule has 0 spiro atoms. The van der Waals surface area contributed by atoms with Crippen LogP contribution in [0, 0.1) is 5.92 Å². The first kappa shape index (κ1) is 28.2. The maximum atomic E-state index is 12.5. The van der Waals surface area contributed by atoms with Crippen molar-refractivity contribution < 1.29 is 14.3 Å². The molecular formula is C24H37Cl2N5O3. The van der Waals surface area contributed by atoms with Crippen molar-refractivity contribution in [3.63, 3.8) is 0 Å². The number of hydrogen-bond acceptors (Lipinski definition) is 6. The largest absolute Gasteiger partial charge is 0.464 e. The summed E-state index contributed by atoms with van der Waals surface area (Å²) in [7, 11) is 1.94. The van der Waals surface area contributed by atoms with E-state index >= 15 is 0 Å². The number of aromatic nitrogens is 2. The molecule has 190 valence electrons. The van der Waals surface area contributed by atoms with Crippen molar-refractivity contribution >= 4 is 51.8 Å². The van der Waals surface area contributed by atoms with Crippen LogP contribution in [0.25, 0.3) is 11.0 Å². The fraction of sp³-hybridized carbons (Fsp3) is 0.625. The van der Waals surface area contributed by atoms with Crippen molar-refractivity contribution in [1.29, 1.82) is 0 Å². The number of hydrogen-bond donors (Lipinski definition) is 2. The van der Waals surface area contributed by atoms with E-state index in [9.17, 15) is 9.59 Å². The summed E-state index contributed by atoms with van der Waals surface area (Å²) in [5, 5.41) is 2.78. The highest BCUT2D eigenvalue weighted by atomic mass is 35.5. The topological polar surface area (TPSA) is 102 Å². The molecule has 0 fully saturated rings. The molecule has 34 heavy (non-hydrogen) atoms. The van der Waals surface area contributed by atoms with Gasteiger partial charge in [0.05, 0.1) is 23.7 Å². The molecule has 1 aromatic heterocycles. The Morgan fingerprint density at radius 1 is 1.24 bits per heavy atom. The third kappa shape index (κ3) is 7.75. The zero-order valence-electron chi connectivity index (χ0n) is 20.5. The molecule has 1 heterocycles. The third-order valence-electron chi connectivity index (χ3n) is 5.64. The fourth-order valence-corrected chi connectivity index (χ4v) is 4.30. The summed E-state index contributed by atoms with van der Waals surface area (Å²) in [6.07, 6.45) is 1.38. The zero-order valence-corrected chi connectivity index (χ0v) is 22.0. The fourth-order valence-electron chi connectivity index (χ4n) is 3.89. The first-order valence-corrected chi connectivity index (χ1v) is 12.8.